The summed E-state index contributed by atoms with van der Waals surface area (Å²) >= 11 is 0. The average molecular weight is 607 g/mol. The van der Waals surface area contributed by atoms with Crippen molar-refractivity contribution >= 4 is 33.5 Å². The summed E-state index contributed by atoms with van der Waals surface area (Å²) in [5.41, 5.74) is 0.845. The highest BCUT2D eigenvalue weighted by Gasteiger charge is 2.25. The van der Waals surface area contributed by atoms with Crippen molar-refractivity contribution in [2.75, 3.05) is 26.4 Å². The number of rotatable bonds is 20. The second kappa shape index (κ2) is 18.5. The van der Waals surface area contributed by atoms with Gasteiger partial charge in [-0.25, -0.2) is 9.59 Å². The molecular formula is C38H54O6. The molecule has 0 heterocycles. The van der Waals surface area contributed by atoms with E-state index >= 15 is 0 Å². The first kappa shape index (κ1) is 35.2. The number of ether oxygens (including phenoxy) is 4. The lowest BCUT2D eigenvalue weighted by Crippen LogP contribution is -2.18. The van der Waals surface area contributed by atoms with Gasteiger partial charge in [0.15, 0.2) is 13.2 Å². The molecule has 0 aliphatic heterocycles. The number of esters is 2. The van der Waals surface area contributed by atoms with Crippen molar-refractivity contribution in [3.63, 3.8) is 0 Å². The second-order valence-corrected chi connectivity index (χ2v) is 12.7. The third kappa shape index (κ3) is 10.7. The third-order valence-corrected chi connectivity index (χ3v) is 7.95. The van der Waals surface area contributed by atoms with E-state index in [0.717, 1.165) is 52.8 Å². The molecular weight excluding hydrogens is 552 g/mol. The van der Waals surface area contributed by atoms with Gasteiger partial charge in [0.2, 0.25) is 0 Å². The van der Waals surface area contributed by atoms with Crippen molar-refractivity contribution in [3.8, 4) is 11.5 Å². The van der Waals surface area contributed by atoms with Crippen molar-refractivity contribution in [3.05, 3.63) is 48.0 Å². The summed E-state index contributed by atoms with van der Waals surface area (Å²) in [6.07, 6.45) is 13.6. The Morgan fingerprint density at radius 2 is 1.02 bits per heavy atom. The Bertz CT molecular complexity index is 1320. The standard InChI is InChI=1S/C38H54O6/c1-6-8-10-12-14-18-25-41-33(39)27-43-36-29-21-16-17-22-30(29)37(35-31(36)23-20-24-32(35)38(3,4)5)44-28-34(40)42-26-19-15-13-11-9-7-2/h16-17,20-24H,6-15,18-19,25-28H2,1-5H3. The van der Waals surface area contributed by atoms with Gasteiger partial charge in [-0.05, 0) is 23.8 Å². The first-order valence-corrected chi connectivity index (χ1v) is 16.8. The lowest BCUT2D eigenvalue weighted by atomic mass is 9.82. The summed E-state index contributed by atoms with van der Waals surface area (Å²) in [5.74, 6) is 0.473. The predicted octanol–water partition coefficient (Wildman–Crippen LogP) is 9.86. The van der Waals surface area contributed by atoms with E-state index in [4.69, 9.17) is 18.9 Å². The van der Waals surface area contributed by atoms with Crippen molar-refractivity contribution < 1.29 is 28.5 Å². The number of carbonyl (C=O) groups is 2. The number of hydrogen-bond acceptors (Lipinski definition) is 6. The molecule has 0 amide bonds. The zero-order valence-corrected chi connectivity index (χ0v) is 27.8. The molecule has 0 saturated carbocycles. The lowest BCUT2D eigenvalue weighted by molar-refractivity contribution is -0.147. The SMILES string of the molecule is CCCCCCCCOC(=O)COc1c2ccccc2c(OCC(=O)OCCCCCCCC)c2c(C(C)(C)C)cccc12. The Labute approximate surface area is 264 Å². The topological polar surface area (TPSA) is 71.1 Å². The van der Waals surface area contributed by atoms with Crippen LogP contribution in [0.2, 0.25) is 0 Å². The van der Waals surface area contributed by atoms with E-state index < -0.39 is 0 Å². The van der Waals surface area contributed by atoms with Gasteiger partial charge in [0, 0.05) is 21.5 Å². The molecule has 0 spiro atoms. The molecule has 3 aromatic rings. The van der Waals surface area contributed by atoms with E-state index in [2.05, 4.69) is 40.7 Å². The summed E-state index contributed by atoms with van der Waals surface area (Å²) in [7, 11) is 0. The number of fused-ring (bicyclic) bond motifs is 2. The fraction of sp³-hybridized carbons (Fsp3) is 0.579. The number of benzene rings is 3. The van der Waals surface area contributed by atoms with Crippen LogP contribution in [0.4, 0.5) is 0 Å². The van der Waals surface area contributed by atoms with Crippen LogP contribution in [0.15, 0.2) is 42.5 Å². The Hall–Kier alpha value is -3.28. The Morgan fingerprint density at radius 1 is 0.568 bits per heavy atom. The van der Waals surface area contributed by atoms with E-state index in [-0.39, 0.29) is 30.6 Å². The maximum absolute atomic E-state index is 12.7. The van der Waals surface area contributed by atoms with Crippen LogP contribution in [-0.4, -0.2) is 38.4 Å². The summed E-state index contributed by atoms with van der Waals surface area (Å²) in [4.78, 5) is 25.3. The van der Waals surface area contributed by atoms with Crippen LogP contribution in [-0.2, 0) is 24.5 Å². The lowest BCUT2D eigenvalue weighted by Gasteiger charge is -2.25. The second-order valence-electron chi connectivity index (χ2n) is 12.7. The summed E-state index contributed by atoms with van der Waals surface area (Å²) in [6.45, 7) is 11.3. The number of unbranched alkanes of at least 4 members (excludes halogenated alkanes) is 10. The normalized spacial score (nSPS) is 11.6. The van der Waals surface area contributed by atoms with Crippen LogP contribution in [0.1, 0.15) is 117 Å². The Kier molecular flexibility index (Phi) is 14.8. The highest BCUT2D eigenvalue weighted by atomic mass is 16.6. The molecule has 0 aromatic heterocycles. The molecule has 3 rings (SSSR count). The van der Waals surface area contributed by atoms with Gasteiger partial charge < -0.3 is 18.9 Å². The van der Waals surface area contributed by atoms with Crippen molar-refractivity contribution in [2.24, 2.45) is 0 Å². The average Bonchev–Trinajstić information content (AvgIpc) is 3.01. The highest BCUT2D eigenvalue weighted by Crippen LogP contribution is 2.46. The van der Waals surface area contributed by atoms with Gasteiger partial charge in [0.1, 0.15) is 11.5 Å². The summed E-state index contributed by atoms with van der Waals surface area (Å²) in [5, 5.41) is 3.33. The Balaban J connectivity index is 1.79. The van der Waals surface area contributed by atoms with E-state index in [1.807, 2.05) is 36.4 Å². The molecule has 0 aliphatic carbocycles. The maximum Gasteiger partial charge on any atom is 0.344 e. The van der Waals surface area contributed by atoms with Crippen LogP contribution in [0.3, 0.4) is 0 Å². The van der Waals surface area contributed by atoms with Gasteiger partial charge in [-0.2, -0.15) is 0 Å². The molecule has 3 aromatic carbocycles. The summed E-state index contributed by atoms with van der Waals surface area (Å²) < 4.78 is 23.5. The molecule has 0 saturated heterocycles. The van der Waals surface area contributed by atoms with Gasteiger partial charge in [0.05, 0.1) is 13.2 Å². The molecule has 6 heteroatoms. The minimum atomic E-state index is -0.379. The van der Waals surface area contributed by atoms with Crippen LogP contribution in [0.25, 0.3) is 21.5 Å². The van der Waals surface area contributed by atoms with E-state index in [9.17, 15) is 9.59 Å². The molecule has 44 heavy (non-hydrogen) atoms. The molecule has 0 N–H and O–H groups in total. The first-order valence-electron chi connectivity index (χ1n) is 16.8. The number of hydrogen-bond donors (Lipinski definition) is 0. The van der Waals surface area contributed by atoms with E-state index in [1.165, 1.54) is 51.4 Å². The predicted molar refractivity (Wildman–Crippen MR) is 180 cm³/mol. The molecule has 242 valence electrons. The molecule has 0 unspecified atom stereocenters. The fourth-order valence-corrected chi connectivity index (χ4v) is 5.56. The van der Waals surface area contributed by atoms with Crippen molar-refractivity contribution in [1.82, 2.24) is 0 Å². The Morgan fingerprint density at radius 3 is 1.55 bits per heavy atom. The maximum atomic E-state index is 12.7. The number of carbonyl (C=O) groups excluding carboxylic acids is 2. The molecule has 0 radical (unpaired) electrons. The van der Waals surface area contributed by atoms with Crippen LogP contribution in [0, 0.1) is 0 Å². The van der Waals surface area contributed by atoms with Gasteiger partial charge in [0.25, 0.3) is 0 Å². The monoisotopic (exact) mass is 606 g/mol. The largest absolute Gasteiger partial charge is 0.481 e. The van der Waals surface area contributed by atoms with Crippen LogP contribution < -0.4 is 9.47 Å². The fourth-order valence-electron chi connectivity index (χ4n) is 5.56. The molecule has 6 nitrogen and oxygen atoms in total. The van der Waals surface area contributed by atoms with Gasteiger partial charge in [-0.15, -0.1) is 0 Å². The van der Waals surface area contributed by atoms with Gasteiger partial charge >= 0.3 is 11.9 Å². The van der Waals surface area contributed by atoms with Crippen LogP contribution >= 0.6 is 0 Å². The van der Waals surface area contributed by atoms with Gasteiger partial charge in [-0.1, -0.05) is 141 Å². The smallest absolute Gasteiger partial charge is 0.344 e. The zero-order valence-electron chi connectivity index (χ0n) is 27.8. The minimum absolute atomic E-state index is 0.181. The molecule has 0 atom stereocenters. The molecule has 0 fully saturated rings. The first-order chi connectivity index (χ1) is 21.3. The highest BCUT2D eigenvalue weighted by molar-refractivity contribution is 6.12. The van der Waals surface area contributed by atoms with Gasteiger partial charge in [-0.3, -0.25) is 0 Å². The molecule has 0 aliphatic rings. The molecule has 0 bridgehead atoms. The minimum Gasteiger partial charge on any atom is -0.481 e. The van der Waals surface area contributed by atoms with E-state index in [1.54, 1.807) is 0 Å². The summed E-state index contributed by atoms with van der Waals surface area (Å²) in [6, 6.07) is 13.9. The van der Waals surface area contributed by atoms with Crippen molar-refractivity contribution in [2.45, 2.75) is 117 Å². The van der Waals surface area contributed by atoms with E-state index in [0.29, 0.717) is 24.7 Å². The quantitative estimate of drug-likeness (QED) is 0.0724. The third-order valence-electron chi connectivity index (χ3n) is 7.95. The van der Waals surface area contributed by atoms with Crippen LogP contribution in [0.5, 0.6) is 11.5 Å². The van der Waals surface area contributed by atoms with Crippen molar-refractivity contribution in [1.29, 1.82) is 0 Å². The zero-order chi connectivity index (χ0) is 31.8.